The van der Waals surface area contributed by atoms with Crippen molar-refractivity contribution in [1.82, 2.24) is 0 Å². The van der Waals surface area contributed by atoms with Gasteiger partial charge in [0.05, 0.1) is 6.61 Å². The summed E-state index contributed by atoms with van der Waals surface area (Å²) in [6, 6.07) is 0. The van der Waals surface area contributed by atoms with E-state index >= 15 is 0 Å². The molecule has 24 heavy (non-hydrogen) atoms. The van der Waals surface area contributed by atoms with Gasteiger partial charge in [0.1, 0.15) is 0 Å². The summed E-state index contributed by atoms with van der Waals surface area (Å²) in [4.78, 5) is 0. The predicted octanol–water partition coefficient (Wildman–Crippen LogP) is 2.58. The molecule has 6 heteroatoms. The molecule has 0 N–H and O–H groups in total. The Morgan fingerprint density at radius 3 is 1.50 bits per heavy atom. The Kier molecular flexibility index (Phi) is 22.3. The molecule has 0 radical (unpaired) electrons. The van der Waals surface area contributed by atoms with Gasteiger partial charge in [-0.25, -0.2) is 8.42 Å². The molecule has 0 rings (SSSR count). The van der Waals surface area contributed by atoms with E-state index in [1.807, 2.05) is 0 Å². The molecule has 0 unspecified atom stereocenters. The summed E-state index contributed by atoms with van der Waals surface area (Å²) in [6.07, 6.45) is 16.7. The van der Waals surface area contributed by atoms with Crippen LogP contribution in [0.4, 0.5) is 0 Å². The summed E-state index contributed by atoms with van der Waals surface area (Å²) in [5, 5.41) is 0. The summed E-state index contributed by atoms with van der Waals surface area (Å²) in [7, 11) is -4.55. The molecule has 0 aliphatic carbocycles. The van der Waals surface area contributed by atoms with Crippen LogP contribution in [0.25, 0.3) is 0 Å². The molecule has 0 aromatic heterocycles. The maximum absolute atomic E-state index is 10.7. The van der Waals surface area contributed by atoms with Crippen molar-refractivity contribution in [2.24, 2.45) is 5.92 Å². The minimum atomic E-state index is -4.55. The monoisotopic (exact) mass is 388 g/mol. The van der Waals surface area contributed by atoms with Crippen LogP contribution in [0.2, 0.25) is 0 Å². The van der Waals surface area contributed by atoms with Gasteiger partial charge in [0.15, 0.2) is 0 Å². The second-order valence-corrected chi connectivity index (χ2v) is 7.72. The third-order valence-electron chi connectivity index (χ3n) is 4.38. The SMILES string of the molecule is CCCCCCCCC(CCCCCCCC)COS(=O)(=O)[O-].[K+]. The molecular formula is C18H37KO4S. The summed E-state index contributed by atoms with van der Waals surface area (Å²) in [5.74, 6) is 0.205. The molecule has 0 fully saturated rings. The smallest absolute Gasteiger partial charge is 0.726 e. The normalized spacial score (nSPS) is 11.7. The van der Waals surface area contributed by atoms with E-state index in [0.717, 1.165) is 25.7 Å². The minimum absolute atomic E-state index is 0. The van der Waals surface area contributed by atoms with Crippen LogP contribution in [0.5, 0.6) is 0 Å². The van der Waals surface area contributed by atoms with E-state index in [1.165, 1.54) is 64.2 Å². The van der Waals surface area contributed by atoms with Gasteiger partial charge in [0.25, 0.3) is 0 Å². The number of hydrogen-bond acceptors (Lipinski definition) is 4. The van der Waals surface area contributed by atoms with E-state index in [2.05, 4.69) is 18.0 Å². The Labute approximate surface area is 193 Å². The van der Waals surface area contributed by atoms with Gasteiger partial charge in [-0.05, 0) is 18.8 Å². The average Bonchev–Trinajstić information content (AvgIpc) is 2.49. The van der Waals surface area contributed by atoms with Gasteiger partial charge in [-0.3, -0.25) is 4.18 Å². The Bertz CT molecular complexity index is 331. The zero-order chi connectivity index (χ0) is 17.4. The van der Waals surface area contributed by atoms with Crippen molar-refractivity contribution in [2.45, 2.75) is 104 Å². The van der Waals surface area contributed by atoms with Crippen molar-refractivity contribution < 1.29 is 68.5 Å². The molecule has 0 aliphatic rings. The molecule has 0 aromatic rings. The molecule has 0 bridgehead atoms. The zero-order valence-electron chi connectivity index (χ0n) is 16.2. The molecule has 0 saturated heterocycles. The quantitative estimate of drug-likeness (QED) is 0.166. The van der Waals surface area contributed by atoms with Gasteiger partial charge < -0.3 is 4.55 Å². The summed E-state index contributed by atoms with van der Waals surface area (Å²) >= 11 is 0. The Hall–Kier alpha value is 1.51. The largest absolute Gasteiger partial charge is 1.00 e. The molecule has 0 amide bonds. The maximum Gasteiger partial charge on any atom is 1.00 e. The van der Waals surface area contributed by atoms with Crippen molar-refractivity contribution in [3.63, 3.8) is 0 Å². The number of unbranched alkanes of at least 4 members (excludes halogenated alkanes) is 10. The first kappa shape index (κ1) is 27.7. The first-order valence-electron chi connectivity index (χ1n) is 9.59. The van der Waals surface area contributed by atoms with Crippen LogP contribution in [-0.2, 0) is 14.6 Å². The average molecular weight is 389 g/mol. The molecule has 140 valence electrons. The first-order chi connectivity index (χ1) is 11.0. The van der Waals surface area contributed by atoms with Crippen LogP contribution in [0.3, 0.4) is 0 Å². The molecule has 0 heterocycles. The van der Waals surface area contributed by atoms with E-state index in [0.29, 0.717) is 0 Å². The Morgan fingerprint density at radius 1 is 0.750 bits per heavy atom. The fourth-order valence-corrected chi connectivity index (χ4v) is 3.28. The Balaban J connectivity index is 0. The third kappa shape index (κ3) is 21.5. The van der Waals surface area contributed by atoms with E-state index in [1.54, 1.807) is 0 Å². The van der Waals surface area contributed by atoms with Crippen molar-refractivity contribution in [3.05, 3.63) is 0 Å². The number of hydrogen-bond donors (Lipinski definition) is 0. The molecule has 0 aliphatic heterocycles. The third-order valence-corrected chi connectivity index (χ3v) is 4.80. The second-order valence-electron chi connectivity index (χ2n) is 6.67. The van der Waals surface area contributed by atoms with Crippen molar-refractivity contribution in [1.29, 1.82) is 0 Å². The van der Waals surface area contributed by atoms with Crippen molar-refractivity contribution in [2.75, 3.05) is 6.61 Å². The van der Waals surface area contributed by atoms with Crippen LogP contribution in [0, 0.1) is 5.92 Å². The van der Waals surface area contributed by atoms with Crippen molar-refractivity contribution in [3.8, 4) is 0 Å². The molecule has 0 saturated carbocycles. The minimum Gasteiger partial charge on any atom is -0.726 e. The van der Waals surface area contributed by atoms with Crippen LogP contribution >= 0.6 is 0 Å². The summed E-state index contributed by atoms with van der Waals surface area (Å²) in [6.45, 7) is 4.48. The fourth-order valence-electron chi connectivity index (χ4n) is 2.92. The summed E-state index contributed by atoms with van der Waals surface area (Å²) in [5.41, 5.74) is 0. The van der Waals surface area contributed by atoms with Crippen LogP contribution in [0.15, 0.2) is 0 Å². The van der Waals surface area contributed by atoms with Gasteiger partial charge >= 0.3 is 51.4 Å². The van der Waals surface area contributed by atoms with E-state index in [9.17, 15) is 13.0 Å². The molecule has 0 aromatic carbocycles. The van der Waals surface area contributed by atoms with Gasteiger partial charge in [-0.1, -0.05) is 90.9 Å². The van der Waals surface area contributed by atoms with Crippen LogP contribution in [0.1, 0.15) is 104 Å². The molecular weight excluding hydrogens is 351 g/mol. The number of rotatable bonds is 17. The standard InChI is InChI=1S/C18H38O4S.K/c1-3-5-7-9-11-13-15-18(17-22-23(19,20)21)16-14-12-10-8-6-4-2;/h18H,3-17H2,1-2H3,(H,19,20,21);/q;+1/p-1. The second kappa shape index (κ2) is 19.3. The molecule has 0 spiro atoms. The van der Waals surface area contributed by atoms with Gasteiger partial charge in [0, 0.05) is 0 Å². The zero-order valence-corrected chi connectivity index (χ0v) is 20.2. The van der Waals surface area contributed by atoms with E-state index in [4.69, 9.17) is 0 Å². The molecule has 4 nitrogen and oxygen atoms in total. The maximum atomic E-state index is 10.7. The van der Waals surface area contributed by atoms with Gasteiger partial charge in [-0.15, -0.1) is 0 Å². The van der Waals surface area contributed by atoms with Gasteiger partial charge in [-0.2, -0.15) is 0 Å². The van der Waals surface area contributed by atoms with Crippen molar-refractivity contribution >= 4 is 10.4 Å². The van der Waals surface area contributed by atoms with Gasteiger partial charge in [0.2, 0.25) is 10.4 Å². The predicted molar refractivity (Wildman–Crippen MR) is 95.1 cm³/mol. The fraction of sp³-hybridized carbons (Fsp3) is 1.00. The van der Waals surface area contributed by atoms with E-state index in [-0.39, 0.29) is 63.9 Å². The Morgan fingerprint density at radius 2 is 1.12 bits per heavy atom. The van der Waals surface area contributed by atoms with Crippen LogP contribution in [-0.4, -0.2) is 19.6 Å². The van der Waals surface area contributed by atoms with Crippen LogP contribution < -0.4 is 51.4 Å². The topological polar surface area (TPSA) is 66.4 Å². The first-order valence-corrected chi connectivity index (χ1v) is 10.9. The molecule has 0 atom stereocenters. The van der Waals surface area contributed by atoms with E-state index < -0.39 is 10.4 Å². The summed E-state index contributed by atoms with van der Waals surface area (Å²) < 4.78 is 36.5.